The predicted molar refractivity (Wildman–Crippen MR) is 104 cm³/mol. The number of nitrogens with one attached hydrogen (secondary N) is 1. The van der Waals surface area contributed by atoms with Gasteiger partial charge < -0.3 is 14.8 Å². The van der Waals surface area contributed by atoms with Gasteiger partial charge in [-0.2, -0.15) is 0 Å². The highest BCUT2D eigenvalue weighted by atomic mass is 79.9. The van der Waals surface area contributed by atoms with Crippen LogP contribution in [0.1, 0.15) is 12.0 Å². The number of aryl methyl sites for hydroxylation is 2. The highest BCUT2D eigenvalue weighted by molar-refractivity contribution is 9.10. The van der Waals surface area contributed by atoms with Crippen LogP contribution in [0.3, 0.4) is 0 Å². The molecule has 25 heavy (non-hydrogen) atoms. The normalized spacial score (nSPS) is 10.6. The molecule has 0 radical (unpaired) electrons. The third-order valence-corrected chi connectivity index (χ3v) is 5.15. The SMILES string of the molecule is Cc1cc(Br)ccc1NC(=O)CN(C)C(=O)CCSc1nccn1C. The first kappa shape index (κ1) is 19.5. The predicted octanol–water partition coefficient (Wildman–Crippen LogP) is 3.07. The number of aromatic nitrogens is 2. The van der Waals surface area contributed by atoms with Crippen LogP contribution in [0.2, 0.25) is 0 Å². The molecule has 6 nitrogen and oxygen atoms in total. The van der Waals surface area contributed by atoms with Gasteiger partial charge in [-0.25, -0.2) is 4.98 Å². The topological polar surface area (TPSA) is 67.2 Å². The molecule has 1 N–H and O–H groups in total. The zero-order valence-electron chi connectivity index (χ0n) is 14.5. The van der Waals surface area contributed by atoms with Gasteiger partial charge in [-0.05, 0) is 30.7 Å². The van der Waals surface area contributed by atoms with Gasteiger partial charge in [-0.3, -0.25) is 9.59 Å². The van der Waals surface area contributed by atoms with E-state index in [1.165, 1.54) is 16.7 Å². The van der Waals surface area contributed by atoms with Gasteiger partial charge in [0, 0.05) is 48.8 Å². The molecule has 0 fully saturated rings. The fraction of sp³-hybridized carbons (Fsp3) is 0.353. The molecule has 1 aromatic heterocycles. The van der Waals surface area contributed by atoms with Crippen molar-refractivity contribution < 1.29 is 9.59 Å². The number of imidazole rings is 1. The molecule has 8 heteroatoms. The maximum Gasteiger partial charge on any atom is 0.243 e. The van der Waals surface area contributed by atoms with Crippen LogP contribution < -0.4 is 5.32 Å². The summed E-state index contributed by atoms with van der Waals surface area (Å²) >= 11 is 4.91. The number of carbonyl (C=O) groups excluding carboxylic acids is 2. The summed E-state index contributed by atoms with van der Waals surface area (Å²) in [7, 11) is 3.56. The minimum atomic E-state index is -0.210. The maximum absolute atomic E-state index is 12.2. The number of benzene rings is 1. The largest absolute Gasteiger partial charge is 0.336 e. The number of likely N-dealkylation sites (N-methyl/N-ethyl adjacent to an activating group) is 1. The standard InChI is InChI=1S/C17H21BrN4O2S/c1-12-10-13(18)4-5-14(12)20-15(23)11-22(3)16(24)6-9-25-17-19-7-8-21(17)2/h4-5,7-8,10H,6,9,11H2,1-3H3,(H,20,23). The highest BCUT2D eigenvalue weighted by Gasteiger charge is 2.14. The van der Waals surface area contributed by atoms with Crippen molar-refractivity contribution in [2.45, 2.75) is 18.5 Å². The van der Waals surface area contributed by atoms with Crippen LogP contribution in [-0.2, 0) is 16.6 Å². The molecule has 0 saturated carbocycles. The smallest absolute Gasteiger partial charge is 0.243 e. The van der Waals surface area contributed by atoms with Crippen molar-refractivity contribution in [3.05, 3.63) is 40.6 Å². The van der Waals surface area contributed by atoms with Crippen molar-refractivity contribution in [3.63, 3.8) is 0 Å². The number of anilines is 1. The Morgan fingerprint density at radius 1 is 1.40 bits per heavy atom. The summed E-state index contributed by atoms with van der Waals surface area (Å²) < 4.78 is 2.87. The number of rotatable bonds is 7. The first-order valence-electron chi connectivity index (χ1n) is 7.77. The van der Waals surface area contributed by atoms with Crippen LogP contribution in [-0.4, -0.2) is 45.6 Å². The fourth-order valence-corrected chi connectivity index (χ4v) is 3.51. The average Bonchev–Trinajstić information content (AvgIpc) is 2.95. The van der Waals surface area contributed by atoms with Crippen molar-refractivity contribution in [1.82, 2.24) is 14.5 Å². The molecule has 0 unspecified atom stereocenters. The molecule has 1 aromatic carbocycles. The van der Waals surface area contributed by atoms with Crippen LogP contribution in [0, 0.1) is 6.92 Å². The van der Waals surface area contributed by atoms with Gasteiger partial charge in [0.25, 0.3) is 0 Å². The summed E-state index contributed by atoms with van der Waals surface area (Å²) in [6, 6.07) is 5.63. The second-order valence-electron chi connectivity index (χ2n) is 5.68. The van der Waals surface area contributed by atoms with Crippen LogP contribution in [0.5, 0.6) is 0 Å². The molecule has 0 saturated heterocycles. The van der Waals surface area contributed by atoms with Gasteiger partial charge in [-0.1, -0.05) is 27.7 Å². The Balaban J connectivity index is 1.77. The Bertz CT molecular complexity index is 763. The third-order valence-electron chi connectivity index (χ3n) is 3.59. The average molecular weight is 425 g/mol. The van der Waals surface area contributed by atoms with E-state index < -0.39 is 0 Å². The second kappa shape index (κ2) is 9.05. The number of hydrogen-bond acceptors (Lipinski definition) is 4. The van der Waals surface area contributed by atoms with Crippen molar-refractivity contribution >= 4 is 45.2 Å². The zero-order valence-corrected chi connectivity index (χ0v) is 16.9. The summed E-state index contributed by atoms with van der Waals surface area (Å²) in [6.45, 7) is 1.95. The molecule has 2 rings (SSSR count). The van der Waals surface area contributed by atoms with Crippen molar-refractivity contribution in [1.29, 1.82) is 0 Å². The van der Waals surface area contributed by atoms with Gasteiger partial charge in [-0.15, -0.1) is 0 Å². The number of hydrogen-bond donors (Lipinski definition) is 1. The van der Waals surface area contributed by atoms with E-state index >= 15 is 0 Å². The van der Waals surface area contributed by atoms with Gasteiger partial charge >= 0.3 is 0 Å². The van der Waals surface area contributed by atoms with E-state index in [2.05, 4.69) is 26.2 Å². The third kappa shape index (κ3) is 5.89. The Morgan fingerprint density at radius 2 is 2.16 bits per heavy atom. The zero-order chi connectivity index (χ0) is 18.4. The number of carbonyl (C=O) groups is 2. The minimum absolute atomic E-state index is 0.0292. The molecule has 134 valence electrons. The van der Waals surface area contributed by atoms with E-state index in [9.17, 15) is 9.59 Å². The molecule has 2 aromatic rings. The van der Waals surface area contributed by atoms with E-state index in [0.29, 0.717) is 12.2 Å². The van der Waals surface area contributed by atoms with Gasteiger partial charge in [0.1, 0.15) is 0 Å². The van der Waals surface area contributed by atoms with Crippen molar-refractivity contribution in [2.24, 2.45) is 7.05 Å². The Kier molecular flexibility index (Phi) is 7.07. The maximum atomic E-state index is 12.2. The summed E-state index contributed by atoms with van der Waals surface area (Å²) in [6.07, 6.45) is 3.95. The van der Waals surface area contributed by atoms with Crippen LogP contribution in [0.4, 0.5) is 5.69 Å². The van der Waals surface area contributed by atoms with E-state index in [4.69, 9.17) is 0 Å². The minimum Gasteiger partial charge on any atom is -0.336 e. The number of nitrogens with zero attached hydrogens (tertiary/aromatic N) is 3. The lowest BCUT2D eigenvalue weighted by Crippen LogP contribution is -2.35. The van der Waals surface area contributed by atoms with E-state index in [1.54, 1.807) is 13.2 Å². The molecule has 0 aliphatic carbocycles. The molecule has 0 bridgehead atoms. The number of thioether (sulfide) groups is 1. The second-order valence-corrected chi connectivity index (χ2v) is 7.65. The van der Waals surface area contributed by atoms with Crippen LogP contribution in [0.25, 0.3) is 0 Å². The Hall–Kier alpha value is -1.80. The van der Waals surface area contributed by atoms with Crippen LogP contribution in [0.15, 0.2) is 40.2 Å². The van der Waals surface area contributed by atoms with Gasteiger partial charge in [0.05, 0.1) is 6.54 Å². The lowest BCUT2D eigenvalue weighted by molar-refractivity contribution is -0.132. The van der Waals surface area contributed by atoms with E-state index in [0.717, 1.165) is 20.9 Å². The summed E-state index contributed by atoms with van der Waals surface area (Å²) in [4.78, 5) is 29.9. The Labute approximate surface area is 160 Å². The monoisotopic (exact) mass is 424 g/mol. The summed E-state index contributed by atoms with van der Waals surface area (Å²) in [5.74, 6) is 0.351. The first-order valence-corrected chi connectivity index (χ1v) is 9.54. The van der Waals surface area contributed by atoms with E-state index in [1.807, 2.05) is 42.9 Å². The molecule has 0 atom stereocenters. The summed E-state index contributed by atoms with van der Waals surface area (Å²) in [5.41, 5.74) is 1.71. The molecule has 1 heterocycles. The lowest BCUT2D eigenvalue weighted by atomic mass is 10.2. The summed E-state index contributed by atoms with van der Waals surface area (Å²) in [5, 5.41) is 3.71. The van der Waals surface area contributed by atoms with E-state index in [-0.39, 0.29) is 18.4 Å². The molecule has 0 aliphatic rings. The quantitative estimate of drug-likeness (QED) is 0.693. The van der Waals surface area contributed by atoms with Gasteiger partial charge in [0.15, 0.2) is 5.16 Å². The lowest BCUT2D eigenvalue weighted by Gasteiger charge is -2.17. The van der Waals surface area contributed by atoms with Crippen LogP contribution >= 0.6 is 27.7 Å². The van der Waals surface area contributed by atoms with Crippen molar-refractivity contribution in [2.75, 3.05) is 24.7 Å². The van der Waals surface area contributed by atoms with Crippen molar-refractivity contribution in [3.8, 4) is 0 Å². The molecular weight excluding hydrogens is 404 g/mol. The Morgan fingerprint density at radius 3 is 2.80 bits per heavy atom. The fourth-order valence-electron chi connectivity index (χ4n) is 2.17. The van der Waals surface area contributed by atoms with Gasteiger partial charge in [0.2, 0.25) is 11.8 Å². The number of amides is 2. The molecule has 0 aliphatic heterocycles. The molecule has 0 spiro atoms. The first-order chi connectivity index (χ1) is 11.9. The number of halogens is 1. The highest BCUT2D eigenvalue weighted by Crippen LogP contribution is 2.20. The molecule has 2 amide bonds. The molecular formula is C17H21BrN4O2S.